The molecule has 0 aliphatic carbocycles. The first-order chi connectivity index (χ1) is 6.63. The molecule has 0 radical (unpaired) electrons. The summed E-state index contributed by atoms with van der Waals surface area (Å²) in [4.78, 5) is 22.0. The Hall–Kier alpha value is -1.42. The van der Waals surface area contributed by atoms with Crippen molar-refractivity contribution < 1.29 is 19.1 Å². The number of furan rings is 1. The molecule has 1 heterocycles. The first-order valence-electron chi connectivity index (χ1n) is 4.35. The highest BCUT2D eigenvalue weighted by Crippen LogP contribution is 2.11. The highest BCUT2D eigenvalue weighted by Gasteiger charge is 2.11. The molecule has 0 aromatic carbocycles. The quantitative estimate of drug-likeness (QED) is 0.721. The van der Waals surface area contributed by atoms with E-state index < -0.39 is 0 Å². The van der Waals surface area contributed by atoms with Crippen molar-refractivity contribution in [3.63, 3.8) is 0 Å². The van der Waals surface area contributed by atoms with Gasteiger partial charge in [0.05, 0.1) is 0 Å². The smallest absolute Gasteiger partial charge is 0.198 e. The van der Waals surface area contributed by atoms with Crippen LogP contribution in [0.15, 0.2) is 16.5 Å². The van der Waals surface area contributed by atoms with Gasteiger partial charge in [-0.05, 0) is 19.1 Å². The van der Waals surface area contributed by atoms with Crippen molar-refractivity contribution in [3.05, 3.63) is 23.7 Å². The average Bonchev–Trinajstić information content (AvgIpc) is 2.62. The molecule has 0 atom stereocenters. The van der Waals surface area contributed by atoms with Crippen molar-refractivity contribution in [3.8, 4) is 0 Å². The van der Waals surface area contributed by atoms with E-state index in [0.29, 0.717) is 5.76 Å². The molecule has 4 heteroatoms. The van der Waals surface area contributed by atoms with Crippen LogP contribution < -0.4 is 0 Å². The van der Waals surface area contributed by atoms with Crippen LogP contribution in [0.2, 0.25) is 0 Å². The highest BCUT2D eigenvalue weighted by atomic mass is 16.4. The normalized spacial score (nSPS) is 10.1. The molecular weight excluding hydrogens is 184 g/mol. The highest BCUT2D eigenvalue weighted by molar-refractivity contribution is 5.95. The van der Waals surface area contributed by atoms with Gasteiger partial charge in [-0.3, -0.25) is 4.79 Å². The van der Waals surface area contributed by atoms with Crippen molar-refractivity contribution in [1.29, 1.82) is 0 Å². The largest absolute Gasteiger partial charge is 0.456 e. The van der Waals surface area contributed by atoms with Crippen LogP contribution in [-0.2, 0) is 11.4 Å². The fraction of sp³-hybridized carbons (Fsp3) is 0.400. The SMILES string of the molecule is CC(=O)CCC(=O)c1ccc(CO)o1. The molecule has 1 N–H and O–H groups in total. The molecule has 0 amide bonds. The first kappa shape index (κ1) is 10.7. The molecule has 0 unspecified atom stereocenters. The van der Waals surface area contributed by atoms with Crippen molar-refractivity contribution in [2.75, 3.05) is 0 Å². The Morgan fingerprint density at radius 3 is 2.57 bits per heavy atom. The van der Waals surface area contributed by atoms with Gasteiger partial charge in [-0.15, -0.1) is 0 Å². The Morgan fingerprint density at radius 1 is 1.36 bits per heavy atom. The topological polar surface area (TPSA) is 67.5 Å². The van der Waals surface area contributed by atoms with Crippen LogP contribution in [0.3, 0.4) is 0 Å². The number of aliphatic hydroxyl groups is 1. The molecule has 76 valence electrons. The lowest BCUT2D eigenvalue weighted by Gasteiger charge is -1.94. The summed E-state index contributed by atoms with van der Waals surface area (Å²) in [7, 11) is 0. The van der Waals surface area contributed by atoms with Crippen molar-refractivity contribution in [2.24, 2.45) is 0 Å². The molecule has 0 aliphatic heterocycles. The zero-order valence-electron chi connectivity index (χ0n) is 7.95. The Balaban J connectivity index is 2.56. The molecule has 1 aromatic heterocycles. The molecule has 0 bridgehead atoms. The summed E-state index contributed by atoms with van der Waals surface area (Å²) in [5, 5.41) is 8.69. The minimum Gasteiger partial charge on any atom is -0.456 e. The van der Waals surface area contributed by atoms with E-state index in [2.05, 4.69) is 0 Å². The maximum Gasteiger partial charge on any atom is 0.198 e. The lowest BCUT2D eigenvalue weighted by Crippen LogP contribution is -2.00. The van der Waals surface area contributed by atoms with Crippen LogP contribution in [-0.4, -0.2) is 16.7 Å². The molecule has 1 aromatic rings. The van der Waals surface area contributed by atoms with Gasteiger partial charge in [0.2, 0.25) is 0 Å². The number of carbonyl (C=O) groups excluding carboxylic acids is 2. The summed E-state index contributed by atoms with van der Waals surface area (Å²) >= 11 is 0. The zero-order chi connectivity index (χ0) is 10.6. The third-order valence-electron chi connectivity index (χ3n) is 1.80. The van der Waals surface area contributed by atoms with Gasteiger partial charge in [-0.2, -0.15) is 0 Å². The summed E-state index contributed by atoms with van der Waals surface area (Å²) in [6, 6.07) is 3.05. The van der Waals surface area contributed by atoms with Crippen LogP contribution in [0.1, 0.15) is 36.1 Å². The summed E-state index contributed by atoms with van der Waals surface area (Å²) in [5.74, 6) is 0.332. The van der Waals surface area contributed by atoms with Crippen LogP contribution in [0.5, 0.6) is 0 Å². The van der Waals surface area contributed by atoms with Crippen molar-refractivity contribution in [1.82, 2.24) is 0 Å². The molecule has 0 spiro atoms. The second-order valence-corrected chi connectivity index (χ2v) is 3.05. The lowest BCUT2D eigenvalue weighted by atomic mass is 10.1. The minimum absolute atomic E-state index is 0.0210. The van der Waals surface area contributed by atoms with Crippen LogP contribution >= 0.6 is 0 Å². The van der Waals surface area contributed by atoms with E-state index in [1.54, 1.807) is 6.07 Å². The Labute approximate surface area is 81.5 Å². The summed E-state index contributed by atoms with van der Waals surface area (Å²) in [5.41, 5.74) is 0. The van der Waals surface area contributed by atoms with Crippen LogP contribution in [0.4, 0.5) is 0 Å². The predicted molar refractivity (Wildman–Crippen MR) is 48.9 cm³/mol. The maximum absolute atomic E-state index is 11.4. The van der Waals surface area contributed by atoms with Gasteiger partial charge in [0.15, 0.2) is 11.5 Å². The van der Waals surface area contributed by atoms with Crippen molar-refractivity contribution >= 4 is 11.6 Å². The average molecular weight is 196 g/mol. The van der Waals surface area contributed by atoms with E-state index in [1.165, 1.54) is 13.0 Å². The number of rotatable bonds is 5. The number of hydrogen-bond donors (Lipinski definition) is 1. The predicted octanol–water partition coefficient (Wildman–Crippen LogP) is 1.32. The third-order valence-corrected chi connectivity index (χ3v) is 1.80. The van der Waals surface area contributed by atoms with Gasteiger partial charge in [0.25, 0.3) is 0 Å². The summed E-state index contributed by atoms with van der Waals surface area (Å²) in [6.07, 6.45) is 0.391. The number of Topliss-reactive ketones (excluding diaryl/α,β-unsaturated/α-hetero) is 2. The zero-order valence-corrected chi connectivity index (χ0v) is 7.95. The van der Waals surface area contributed by atoms with E-state index >= 15 is 0 Å². The lowest BCUT2D eigenvalue weighted by molar-refractivity contribution is -0.116. The van der Waals surface area contributed by atoms with Crippen LogP contribution in [0.25, 0.3) is 0 Å². The summed E-state index contributed by atoms with van der Waals surface area (Å²) in [6.45, 7) is 1.22. The second-order valence-electron chi connectivity index (χ2n) is 3.05. The number of carbonyl (C=O) groups is 2. The molecule has 14 heavy (non-hydrogen) atoms. The number of aliphatic hydroxyl groups excluding tert-OH is 1. The fourth-order valence-electron chi connectivity index (χ4n) is 1.03. The first-order valence-corrected chi connectivity index (χ1v) is 4.35. The monoisotopic (exact) mass is 196 g/mol. The standard InChI is InChI=1S/C10H12O4/c1-7(12)2-4-9(13)10-5-3-8(6-11)14-10/h3,5,11H,2,4,6H2,1H3. The fourth-order valence-corrected chi connectivity index (χ4v) is 1.03. The van der Waals surface area contributed by atoms with Gasteiger partial charge in [-0.1, -0.05) is 0 Å². The van der Waals surface area contributed by atoms with Gasteiger partial charge in [0, 0.05) is 12.8 Å². The molecule has 0 fully saturated rings. The third kappa shape index (κ3) is 2.81. The minimum atomic E-state index is -0.222. The Bertz CT molecular complexity index is 338. The van der Waals surface area contributed by atoms with E-state index in [0.717, 1.165) is 0 Å². The van der Waals surface area contributed by atoms with Gasteiger partial charge < -0.3 is 14.3 Å². The van der Waals surface area contributed by atoms with Gasteiger partial charge in [0.1, 0.15) is 18.2 Å². The van der Waals surface area contributed by atoms with Gasteiger partial charge in [-0.25, -0.2) is 0 Å². The molecule has 0 saturated carbocycles. The number of hydrogen-bond acceptors (Lipinski definition) is 4. The second kappa shape index (κ2) is 4.72. The molecular formula is C10H12O4. The van der Waals surface area contributed by atoms with Crippen LogP contribution in [0, 0.1) is 0 Å². The molecule has 4 nitrogen and oxygen atoms in total. The van der Waals surface area contributed by atoms with E-state index in [1.807, 2.05) is 0 Å². The van der Waals surface area contributed by atoms with E-state index in [9.17, 15) is 9.59 Å². The Morgan fingerprint density at radius 2 is 2.07 bits per heavy atom. The maximum atomic E-state index is 11.4. The molecule has 0 aliphatic rings. The molecule has 0 saturated heterocycles. The van der Waals surface area contributed by atoms with E-state index in [-0.39, 0.29) is 36.8 Å². The van der Waals surface area contributed by atoms with Crippen molar-refractivity contribution in [2.45, 2.75) is 26.4 Å². The summed E-state index contributed by atoms with van der Waals surface area (Å²) < 4.78 is 5.02. The van der Waals surface area contributed by atoms with E-state index in [4.69, 9.17) is 9.52 Å². The van der Waals surface area contributed by atoms with Gasteiger partial charge >= 0.3 is 0 Å². The Kier molecular flexibility index (Phi) is 3.59. The molecule has 1 rings (SSSR count). The number of ketones is 2.